The number of hydrogen-bond acceptors (Lipinski definition) is 5. The summed E-state index contributed by atoms with van der Waals surface area (Å²) in [5, 5.41) is 12.4. The minimum atomic E-state index is -0.240. The molecule has 29 heavy (non-hydrogen) atoms. The van der Waals surface area contributed by atoms with E-state index in [9.17, 15) is 9.18 Å². The molecule has 5 rings (SSSR count). The van der Waals surface area contributed by atoms with Gasteiger partial charge in [-0.1, -0.05) is 12.1 Å². The van der Waals surface area contributed by atoms with Crippen molar-refractivity contribution in [1.29, 1.82) is 0 Å². The van der Waals surface area contributed by atoms with Crippen molar-refractivity contribution in [3.8, 4) is 0 Å². The average Bonchev–Trinajstić information content (AvgIpc) is 3.43. The number of halogens is 1. The SMILES string of the molecule is O=C(C1CCN(c2ccc3nncn3n2)CC1)N1CCCC1c1ccc(F)cc1. The molecule has 0 bridgehead atoms. The van der Waals surface area contributed by atoms with Crippen LogP contribution >= 0.6 is 0 Å². The Labute approximate surface area is 168 Å². The molecule has 0 saturated carbocycles. The van der Waals surface area contributed by atoms with Gasteiger partial charge in [0.15, 0.2) is 5.65 Å². The van der Waals surface area contributed by atoms with E-state index in [1.54, 1.807) is 23.0 Å². The summed E-state index contributed by atoms with van der Waals surface area (Å²) >= 11 is 0. The standard InChI is InChI=1S/C21H23FN6O/c22-17-5-3-15(4-6-17)18-2-1-11-27(18)21(29)16-9-12-26(13-10-16)20-8-7-19-24-23-14-28(19)25-20/h3-8,14,16,18H,1-2,9-13H2. The van der Waals surface area contributed by atoms with E-state index in [1.807, 2.05) is 17.0 Å². The zero-order valence-corrected chi connectivity index (χ0v) is 16.1. The Balaban J connectivity index is 1.25. The molecule has 1 aromatic carbocycles. The zero-order chi connectivity index (χ0) is 19.8. The van der Waals surface area contributed by atoms with E-state index in [0.717, 1.165) is 62.3 Å². The quantitative estimate of drug-likeness (QED) is 0.683. The summed E-state index contributed by atoms with van der Waals surface area (Å²) in [6.45, 7) is 2.38. The normalized spacial score (nSPS) is 20.5. The summed E-state index contributed by atoms with van der Waals surface area (Å²) in [7, 11) is 0. The molecule has 0 N–H and O–H groups in total. The Bertz CT molecular complexity index is 1010. The molecule has 150 valence electrons. The number of rotatable bonds is 3. The van der Waals surface area contributed by atoms with Crippen LogP contribution in [0.1, 0.15) is 37.3 Å². The highest BCUT2D eigenvalue weighted by Crippen LogP contribution is 2.35. The maximum atomic E-state index is 13.3. The third-order valence-corrected chi connectivity index (χ3v) is 6.11. The fourth-order valence-electron chi connectivity index (χ4n) is 4.54. The lowest BCUT2D eigenvalue weighted by Gasteiger charge is -2.35. The van der Waals surface area contributed by atoms with Crippen LogP contribution in [0, 0.1) is 11.7 Å². The van der Waals surface area contributed by atoms with Crippen LogP contribution in [-0.2, 0) is 4.79 Å². The largest absolute Gasteiger partial charge is 0.355 e. The van der Waals surface area contributed by atoms with Crippen molar-refractivity contribution in [1.82, 2.24) is 24.7 Å². The highest BCUT2D eigenvalue weighted by Gasteiger charge is 2.35. The Morgan fingerprint density at radius 1 is 1.00 bits per heavy atom. The van der Waals surface area contributed by atoms with Crippen LogP contribution in [0.25, 0.3) is 5.65 Å². The van der Waals surface area contributed by atoms with Gasteiger partial charge in [0.05, 0.1) is 6.04 Å². The fourth-order valence-corrected chi connectivity index (χ4v) is 4.54. The van der Waals surface area contributed by atoms with Crippen molar-refractivity contribution in [2.75, 3.05) is 24.5 Å². The van der Waals surface area contributed by atoms with E-state index in [4.69, 9.17) is 0 Å². The van der Waals surface area contributed by atoms with Gasteiger partial charge < -0.3 is 9.80 Å². The van der Waals surface area contributed by atoms with Crippen LogP contribution in [0.4, 0.5) is 10.2 Å². The molecule has 0 spiro atoms. The highest BCUT2D eigenvalue weighted by atomic mass is 19.1. The maximum Gasteiger partial charge on any atom is 0.226 e. The molecule has 7 nitrogen and oxygen atoms in total. The molecule has 1 unspecified atom stereocenters. The Morgan fingerprint density at radius 3 is 2.59 bits per heavy atom. The molecule has 8 heteroatoms. The van der Waals surface area contributed by atoms with Gasteiger partial charge in [-0.3, -0.25) is 4.79 Å². The number of aromatic nitrogens is 4. The predicted octanol–water partition coefficient (Wildman–Crippen LogP) is 2.84. The molecule has 0 radical (unpaired) electrons. The highest BCUT2D eigenvalue weighted by molar-refractivity contribution is 5.80. The molecule has 2 aliphatic heterocycles. The molecular formula is C21H23FN6O. The minimum absolute atomic E-state index is 0.0333. The summed E-state index contributed by atoms with van der Waals surface area (Å²) in [6, 6.07) is 10.5. The summed E-state index contributed by atoms with van der Waals surface area (Å²) in [4.78, 5) is 17.5. The molecule has 2 fully saturated rings. The Kier molecular flexibility index (Phi) is 4.61. The fraction of sp³-hybridized carbons (Fsp3) is 0.429. The molecule has 4 heterocycles. The number of fused-ring (bicyclic) bond motifs is 1. The second kappa shape index (κ2) is 7.42. The zero-order valence-electron chi connectivity index (χ0n) is 16.1. The van der Waals surface area contributed by atoms with Gasteiger partial charge in [0.1, 0.15) is 18.0 Å². The molecule has 1 atom stereocenters. The first kappa shape index (κ1) is 18.0. The Hall–Kier alpha value is -3.03. The van der Waals surface area contributed by atoms with E-state index in [0.29, 0.717) is 0 Å². The monoisotopic (exact) mass is 394 g/mol. The van der Waals surface area contributed by atoms with E-state index in [1.165, 1.54) is 12.1 Å². The predicted molar refractivity (Wildman–Crippen MR) is 106 cm³/mol. The molecular weight excluding hydrogens is 371 g/mol. The van der Waals surface area contributed by atoms with Crippen molar-refractivity contribution in [3.05, 3.63) is 54.1 Å². The third-order valence-electron chi connectivity index (χ3n) is 6.11. The van der Waals surface area contributed by atoms with Crippen LogP contribution in [-0.4, -0.2) is 50.3 Å². The van der Waals surface area contributed by atoms with Gasteiger partial charge in [0, 0.05) is 25.6 Å². The minimum Gasteiger partial charge on any atom is -0.355 e. The van der Waals surface area contributed by atoms with E-state index in [-0.39, 0.29) is 23.7 Å². The second-order valence-corrected chi connectivity index (χ2v) is 7.83. The number of hydrogen-bond donors (Lipinski definition) is 0. The number of likely N-dealkylation sites (tertiary alicyclic amines) is 1. The van der Waals surface area contributed by atoms with Gasteiger partial charge >= 0.3 is 0 Å². The van der Waals surface area contributed by atoms with Crippen LogP contribution < -0.4 is 4.90 Å². The molecule has 3 aromatic rings. The third kappa shape index (κ3) is 3.43. The smallest absolute Gasteiger partial charge is 0.226 e. The van der Waals surface area contributed by atoms with Crippen LogP contribution in [0.3, 0.4) is 0 Å². The van der Waals surface area contributed by atoms with Crippen molar-refractivity contribution in [2.24, 2.45) is 5.92 Å². The number of benzene rings is 1. The van der Waals surface area contributed by atoms with Gasteiger partial charge in [-0.2, -0.15) is 4.52 Å². The second-order valence-electron chi connectivity index (χ2n) is 7.83. The first-order chi connectivity index (χ1) is 14.2. The van der Waals surface area contributed by atoms with Gasteiger partial charge in [-0.25, -0.2) is 4.39 Å². The molecule has 1 amide bonds. The average molecular weight is 394 g/mol. The van der Waals surface area contributed by atoms with Crippen LogP contribution in [0.15, 0.2) is 42.7 Å². The van der Waals surface area contributed by atoms with Gasteiger partial charge in [-0.05, 0) is 55.5 Å². The van der Waals surface area contributed by atoms with E-state index in [2.05, 4.69) is 20.2 Å². The number of piperidine rings is 1. The Morgan fingerprint density at radius 2 is 1.79 bits per heavy atom. The number of anilines is 1. The van der Waals surface area contributed by atoms with Gasteiger partial charge in [-0.15, -0.1) is 15.3 Å². The molecule has 2 aliphatic rings. The van der Waals surface area contributed by atoms with Crippen LogP contribution in [0.5, 0.6) is 0 Å². The topological polar surface area (TPSA) is 66.6 Å². The molecule has 2 aromatic heterocycles. The summed E-state index contributed by atoms with van der Waals surface area (Å²) in [5.74, 6) is 0.911. The number of carbonyl (C=O) groups is 1. The lowest BCUT2D eigenvalue weighted by molar-refractivity contribution is -0.137. The van der Waals surface area contributed by atoms with Crippen molar-refractivity contribution >= 4 is 17.4 Å². The van der Waals surface area contributed by atoms with Gasteiger partial charge in [0.2, 0.25) is 5.91 Å². The lowest BCUT2D eigenvalue weighted by Crippen LogP contribution is -2.42. The van der Waals surface area contributed by atoms with Gasteiger partial charge in [0.25, 0.3) is 0 Å². The van der Waals surface area contributed by atoms with Crippen molar-refractivity contribution in [2.45, 2.75) is 31.7 Å². The summed E-state index contributed by atoms with van der Waals surface area (Å²) < 4.78 is 14.9. The summed E-state index contributed by atoms with van der Waals surface area (Å²) in [6.07, 6.45) is 5.16. The number of amides is 1. The first-order valence-electron chi connectivity index (χ1n) is 10.2. The molecule has 2 saturated heterocycles. The molecule has 0 aliphatic carbocycles. The van der Waals surface area contributed by atoms with Crippen molar-refractivity contribution < 1.29 is 9.18 Å². The number of nitrogens with zero attached hydrogens (tertiary/aromatic N) is 6. The maximum absolute atomic E-state index is 13.3. The van der Waals surface area contributed by atoms with Crippen LogP contribution in [0.2, 0.25) is 0 Å². The summed E-state index contributed by atoms with van der Waals surface area (Å²) in [5.41, 5.74) is 1.75. The van der Waals surface area contributed by atoms with E-state index >= 15 is 0 Å². The number of carbonyl (C=O) groups excluding carboxylic acids is 1. The first-order valence-corrected chi connectivity index (χ1v) is 10.2. The van der Waals surface area contributed by atoms with Crippen molar-refractivity contribution in [3.63, 3.8) is 0 Å². The lowest BCUT2D eigenvalue weighted by atomic mass is 9.94. The van der Waals surface area contributed by atoms with E-state index < -0.39 is 0 Å².